The summed E-state index contributed by atoms with van der Waals surface area (Å²) in [6, 6.07) is 85.1. The van der Waals surface area contributed by atoms with Crippen LogP contribution in [0.25, 0.3) is 66.1 Å². The first-order chi connectivity index (χ1) is 28.3. The maximum Gasteiger partial charge on any atom is 0.179 e. The van der Waals surface area contributed by atoms with Gasteiger partial charge in [0.05, 0.1) is 22.1 Å². The molecule has 2 heterocycles. The normalized spacial score (nSPS) is 11.9. The molecule has 0 bridgehead atoms. The molecular formula is C54H38N2Si. The number of fused-ring (bicyclic) bond motifs is 7. The van der Waals surface area contributed by atoms with E-state index in [4.69, 9.17) is 0 Å². The third kappa shape index (κ3) is 5.17. The summed E-state index contributed by atoms with van der Waals surface area (Å²) in [5.74, 6) is 0. The second-order valence-corrected chi connectivity index (χ2v) is 18.7. The van der Waals surface area contributed by atoms with E-state index >= 15 is 0 Å². The number of hydrogen-bond acceptors (Lipinski definition) is 0. The Morgan fingerprint density at radius 1 is 0.281 bits per heavy atom. The van der Waals surface area contributed by atoms with E-state index in [-0.39, 0.29) is 0 Å². The molecule has 11 aromatic rings. The molecule has 57 heavy (non-hydrogen) atoms. The zero-order valence-corrected chi connectivity index (χ0v) is 32.3. The fourth-order valence-electron chi connectivity index (χ4n) is 9.43. The Balaban J connectivity index is 1.17. The third-order valence-electron chi connectivity index (χ3n) is 11.9. The quantitative estimate of drug-likeness (QED) is 0.114. The number of aromatic nitrogens is 2. The summed E-state index contributed by atoms with van der Waals surface area (Å²) in [7, 11) is -2.79. The summed E-state index contributed by atoms with van der Waals surface area (Å²) < 4.78 is 4.92. The molecule has 268 valence electrons. The van der Waals surface area contributed by atoms with Crippen LogP contribution in [0.3, 0.4) is 0 Å². The highest BCUT2D eigenvalue weighted by molar-refractivity contribution is 7.19. The second kappa shape index (κ2) is 13.5. The van der Waals surface area contributed by atoms with Crippen LogP contribution in [0.5, 0.6) is 0 Å². The fourth-order valence-corrected chi connectivity index (χ4v) is 14.2. The Kier molecular flexibility index (Phi) is 7.87. The van der Waals surface area contributed by atoms with Gasteiger partial charge in [-0.25, -0.2) is 0 Å². The molecule has 0 fully saturated rings. The lowest BCUT2D eigenvalue weighted by molar-refractivity contribution is 1.17. The van der Waals surface area contributed by atoms with Gasteiger partial charge in [-0.1, -0.05) is 188 Å². The van der Waals surface area contributed by atoms with Crippen LogP contribution in [0.15, 0.2) is 231 Å². The Hall–Kier alpha value is -7.20. The first-order valence-electron chi connectivity index (χ1n) is 19.7. The summed E-state index contributed by atoms with van der Waals surface area (Å²) in [4.78, 5) is 0. The van der Waals surface area contributed by atoms with E-state index in [1.807, 2.05) is 0 Å². The van der Waals surface area contributed by atoms with Crippen LogP contribution < -0.4 is 20.7 Å². The van der Waals surface area contributed by atoms with Gasteiger partial charge in [-0.05, 0) is 74.3 Å². The number of para-hydroxylation sites is 3. The Bertz CT molecular complexity index is 3160. The molecule has 3 heteroatoms. The molecule has 0 aliphatic rings. The Morgan fingerprint density at radius 2 is 0.772 bits per heavy atom. The molecule has 11 rings (SSSR count). The molecule has 0 spiro atoms. The van der Waals surface area contributed by atoms with Crippen molar-refractivity contribution in [2.24, 2.45) is 0 Å². The first kappa shape index (κ1) is 33.2. The van der Waals surface area contributed by atoms with Crippen LogP contribution in [0.4, 0.5) is 0 Å². The molecule has 0 saturated heterocycles. The van der Waals surface area contributed by atoms with Gasteiger partial charge in [0, 0.05) is 32.9 Å². The van der Waals surface area contributed by atoms with Crippen molar-refractivity contribution >= 4 is 72.4 Å². The summed E-state index contributed by atoms with van der Waals surface area (Å²) >= 11 is 0. The predicted octanol–water partition coefficient (Wildman–Crippen LogP) is 10.9. The molecule has 0 aliphatic carbocycles. The zero-order valence-electron chi connectivity index (χ0n) is 31.3. The third-order valence-corrected chi connectivity index (χ3v) is 16.6. The van der Waals surface area contributed by atoms with E-state index in [0.29, 0.717) is 0 Å². The monoisotopic (exact) mass is 742 g/mol. The highest BCUT2D eigenvalue weighted by atomic mass is 28.3. The highest BCUT2D eigenvalue weighted by Crippen LogP contribution is 2.41. The number of rotatable bonds is 7. The van der Waals surface area contributed by atoms with Gasteiger partial charge < -0.3 is 9.13 Å². The molecule has 0 unspecified atom stereocenters. The molecular weight excluding hydrogens is 705 g/mol. The predicted molar refractivity (Wildman–Crippen MR) is 244 cm³/mol. The van der Waals surface area contributed by atoms with Crippen LogP contribution in [0, 0.1) is 0 Å². The van der Waals surface area contributed by atoms with Gasteiger partial charge in [0.1, 0.15) is 0 Å². The summed E-state index contributed by atoms with van der Waals surface area (Å²) in [5.41, 5.74) is 9.62. The maximum absolute atomic E-state index is 2.79. The second-order valence-electron chi connectivity index (χ2n) is 14.9. The molecule has 2 nitrogen and oxygen atoms in total. The summed E-state index contributed by atoms with van der Waals surface area (Å²) in [5, 5.41) is 10.5. The Labute approximate surface area is 333 Å². The van der Waals surface area contributed by atoms with E-state index in [1.165, 1.54) is 75.5 Å². The average Bonchev–Trinajstić information content (AvgIpc) is 3.81. The van der Waals surface area contributed by atoms with E-state index in [2.05, 4.69) is 240 Å². The van der Waals surface area contributed by atoms with Gasteiger partial charge in [-0.15, -0.1) is 0 Å². The molecule has 0 N–H and O–H groups in total. The molecule has 0 aliphatic heterocycles. The van der Waals surface area contributed by atoms with Crippen molar-refractivity contribution in [3.05, 3.63) is 231 Å². The first-order valence-corrected chi connectivity index (χ1v) is 21.7. The molecule has 0 saturated carbocycles. The molecule has 0 atom stereocenters. The van der Waals surface area contributed by atoms with Crippen molar-refractivity contribution in [3.8, 4) is 22.5 Å². The van der Waals surface area contributed by atoms with Crippen LogP contribution in [0.2, 0.25) is 0 Å². The highest BCUT2D eigenvalue weighted by Gasteiger charge is 2.41. The van der Waals surface area contributed by atoms with Crippen LogP contribution in [-0.2, 0) is 0 Å². The van der Waals surface area contributed by atoms with E-state index in [9.17, 15) is 0 Å². The van der Waals surface area contributed by atoms with Crippen molar-refractivity contribution in [3.63, 3.8) is 0 Å². The van der Waals surface area contributed by atoms with Crippen molar-refractivity contribution in [1.29, 1.82) is 0 Å². The summed E-state index contributed by atoms with van der Waals surface area (Å²) in [6.45, 7) is 0. The lowest BCUT2D eigenvalue weighted by Crippen LogP contribution is -2.74. The van der Waals surface area contributed by atoms with Crippen molar-refractivity contribution in [2.45, 2.75) is 0 Å². The molecule has 0 amide bonds. The summed E-state index contributed by atoms with van der Waals surface area (Å²) in [6.07, 6.45) is 0. The smallest absolute Gasteiger partial charge is 0.179 e. The number of benzene rings is 9. The fraction of sp³-hybridized carbons (Fsp3) is 0. The van der Waals surface area contributed by atoms with Crippen LogP contribution in [0.1, 0.15) is 0 Å². The average molecular weight is 743 g/mol. The minimum Gasteiger partial charge on any atom is -0.309 e. The number of hydrogen-bond donors (Lipinski definition) is 0. The van der Waals surface area contributed by atoms with E-state index in [0.717, 1.165) is 11.4 Å². The molecule has 2 aromatic heterocycles. The standard InChI is InChI=1S/C54H38N2Si/c1-5-18-39(19-6-1)40-20-17-27-46(38-40)57(43-23-9-3-10-24-43,44-25-11-4-12-26-44)45-34-32-42(33-35-45)55-51-31-16-14-29-49(51)53-52(55)37-36-48-47-28-13-15-30-50(47)56(54(48)53)41-21-7-2-8-22-41/h1-38H. The van der Waals surface area contributed by atoms with Crippen molar-refractivity contribution in [2.75, 3.05) is 0 Å². The minimum absolute atomic E-state index is 1.15. The molecule has 0 radical (unpaired) electrons. The van der Waals surface area contributed by atoms with Crippen molar-refractivity contribution < 1.29 is 0 Å². The van der Waals surface area contributed by atoms with Gasteiger partial charge >= 0.3 is 0 Å². The van der Waals surface area contributed by atoms with Gasteiger partial charge in [-0.2, -0.15) is 0 Å². The lowest BCUT2D eigenvalue weighted by Gasteiger charge is -2.35. The van der Waals surface area contributed by atoms with Gasteiger partial charge in [-0.3, -0.25) is 0 Å². The van der Waals surface area contributed by atoms with Crippen molar-refractivity contribution in [1.82, 2.24) is 9.13 Å². The van der Waals surface area contributed by atoms with Gasteiger partial charge in [0.15, 0.2) is 8.07 Å². The van der Waals surface area contributed by atoms with E-state index in [1.54, 1.807) is 0 Å². The van der Waals surface area contributed by atoms with Crippen LogP contribution >= 0.6 is 0 Å². The molecule has 9 aromatic carbocycles. The lowest BCUT2D eigenvalue weighted by atomic mass is 10.1. The minimum atomic E-state index is -2.79. The van der Waals surface area contributed by atoms with E-state index < -0.39 is 8.07 Å². The zero-order chi connectivity index (χ0) is 37.8. The SMILES string of the molecule is c1ccc(-c2cccc([Si](c3ccccc3)(c3ccccc3)c3ccc(-n4c5ccccc5c5c4ccc4c6ccccc6n(-c6ccccc6)c45)cc3)c2)cc1. The Morgan fingerprint density at radius 3 is 1.44 bits per heavy atom. The maximum atomic E-state index is 2.46. The van der Waals surface area contributed by atoms with Crippen LogP contribution in [-0.4, -0.2) is 17.2 Å². The number of nitrogens with zero attached hydrogens (tertiary/aromatic N) is 2. The topological polar surface area (TPSA) is 9.86 Å². The van der Waals surface area contributed by atoms with Gasteiger partial charge in [0.25, 0.3) is 0 Å². The largest absolute Gasteiger partial charge is 0.309 e. The van der Waals surface area contributed by atoms with Gasteiger partial charge in [0.2, 0.25) is 0 Å².